The molecule has 0 saturated heterocycles. The van der Waals surface area contributed by atoms with Gasteiger partial charge in [0.2, 0.25) is 5.91 Å². The zero-order valence-electron chi connectivity index (χ0n) is 15.9. The highest BCUT2D eigenvalue weighted by molar-refractivity contribution is 5.89. The topological polar surface area (TPSA) is 45.5 Å². The summed E-state index contributed by atoms with van der Waals surface area (Å²) in [5.74, 6) is 0.00151. The summed E-state index contributed by atoms with van der Waals surface area (Å²) in [5.41, 5.74) is 5.23. The third-order valence-electron chi connectivity index (χ3n) is 4.78. The summed E-state index contributed by atoms with van der Waals surface area (Å²) in [6, 6.07) is 14.2. The van der Waals surface area contributed by atoms with Crippen LogP contribution in [-0.4, -0.2) is 31.4 Å². The van der Waals surface area contributed by atoms with Crippen molar-refractivity contribution in [1.29, 1.82) is 0 Å². The molecule has 4 heteroatoms. The van der Waals surface area contributed by atoms with Gasteiger partial charge in [0.15, 0.2) is 0 Å². The Kier molecular flexibility index (Phi) is 5.43. The molecule has 0 saturated carbocycles. The lowest BCUT2D eigenvalue weighted by atomic mass is 10.0. The van der Waals surface area contributed by atoms with E-state index in [9.17, 15) is 4.79 Å². The fraction of sp³-hybridized carbons (Fsp3) is 0.318. The highest BCUT2D eigenvalue weighted by atomic mass is 16.3. The van der Waals surface area contributed by atoms with Gasteiger partial charge in [0, 0.05) is 17.5 Å². The maximum absolute atomic E-state index is 12.7. The number of amides is 1. The SMILES string of the molecule is Cc1ccc2c(CC(=O)N[C@H](CN(C)C)c3ccccc3)coc2c1C. The average molecular weight is 350 g/mol. The van der Waals surface area contributed by atoms with Crippen LogP contribution in [0.4, 0.5) is 0 Å². The number of benzene rings is 2. The summed E-state index contributed by atoms with van der Waals surface area (Å²) >= 11 is 0. The third-order valence-corrected chi connectivity index (χ3v) is 4.78. The van der Waals surface area contributed by atoms with Crippen LogP contribution in [-0.2, 0) is 11.2 Å². The van der Waals surface area contributed by atoms with Crippen LogP contribution in [0.1, 0.15) is 28.3 Å². The van der Waals surface area contributed by atoms with E-state index in [0.717, 1.165) is 34.2 Å². The fourth-order valence-corrected chi connectivity index (χ4v) is 3.23. The van der Waals surface area contributed by atoms with Gasteiger partial charge in [-0.3, -0.25) is 4.79 Å². The van der Waals surface area contributed by atoms with Gasteiger partial charge in [-0.25, -0.2) is 0 Å². The smallest absolute Gasteiger partial charge is 0.225 e. The first-order chi connectivity index (χ1) is 12.5. The van der Waals surface area contributed by atoms with Gasteiger partial charge in [-0.15, -0.1) is 0 Å². The Balaban J connectivity index is 1.78. The van der Waals surface area contributed by atoms with Crippen molar-refractivity contribution in [3.63, 3.8) is 0 Å². The van der Waals surface area contributed by atoms with Crippen molar-refractivity contribution in [1.82, 2.24) is 10.2 Å². The van der Waals surface area contributed by atoms with Gasteiger partial charge in [0.05, 0.1) is 18.7 Å². The van der Waals surface area contributed by atoms with E-state index in [2.05, 4.69) is 23.2 Å². The van der Waals surface area contributed by atoms with Crippen LogP contribution in [0.5, 0.6) is 0 Å². The number of aryl methyl sites for hydroxylation is 2. The summed E-state index contributed by atoms with van der Waals surface area (Å²) in [7, 11) is 4.02. The van der Waals surface area contributed by atoms with Crippen LogP contribution in [0.15, 0.2) is 53.1 Å². The maximum Gasteiger partial charge on any atom is 0.225 e. The normalized spacial score (nSPS) is 12.5. The van der Waals surface area contributed by atoms with Crippen molar-refractivity contribution in [2.45, 2.75) is 26.3 Å². The summed E-state index contributed by atoms with van der Waals surface area (Å²) in [6.07, 6.45) is 2.02. The first-order valence-electron chi connectivity index (χ1n) is 8.91. The average Bonchev–Trinajstić information content (AvgIpc) is 3.01. The van der Waals surface area contributed by atoms with Crippen LogP contribution < -0.4 is 5.32 Å². The Morgan fingerprint density at radius 2 is 1.85 bits per heavy atom. The predicted molar refractivity (Wildman–Crippen MR) is 105 cm³/mol. The highest BCUT2D eigenvalue weighted by Gasteiger charge is 2.18. The molecular formula is C22H26N2O2. The van der Waals surface area contributed by atoms with Crippen molar-refractivity contribution in [3.05, 3.63) is 71.0 Å². The number of hydrogen-bond acceptors (Lipinski definition) is 3. The fourth-order valence-electron chi connectivity index (χ4n) is 3.23. The summed E-state index contributed by atoms with van der Waals surface area (Å²) in [6.45, 7) is 4.86. The minimum atomic E-state index is -0.0409. The quantitative estimate of drug-likeness (QED) is 0.730. The molecule has 1 N–H and O–H groups in total. The van der Waals surface area contributed by atoms with E-state index in [0.29, 0.717) is 6.42 Å². The maximum atomic E-state index is 12.7. The van der Waals surface area contributed by atoms with Crippen molar-refractivity contribution < 1.29 is 9.21 Å². The van der Waals surface area contributed by atoms with E-state index >= 15 is 0 Å². The Bertz CT molecular complexity index is 897. The van der Waals surface area contributed by atoms with Gasteiger partial charge in [-0.2, -0.15) is 0 Å². The molecule has 0 aliphatic carbocycles. The lowest BCUT2D eigenvalue weighted by molar-refractivity contribution is -0.121. The number of carbonyl (C=O) groups is 1. The van der Waals surface area contributed by atoms with Crippen LogP contribution in [0.25, 0.3) is 11.0 Å². The van der Waals surface area contributed by atoms with E-state index in [1.807, 2.05) is 57.4 Å². The first-order valence-corrected chi connectivity index (χ1v) is 8.91. The minimum absolute atomic E-state index is 0.00151. The van der Waals surface area contributed by atoms with Gasteiger partial charge in [-0.05, 0) is 44.6 Å². The molecule has 0 bridgehead atoms. The molecule has 0 spiro atoms. The molecule has 3 aromatic rings. The van der Waals surface area contributed by atoms with Crippen molar-refractivity contribution in [2.24, 2.45) is 0 Å². The van der Waals surface area contributed by atoms with Crippen LogP contribution in [0.2, 0.25) is 0 Å². The highest BCUT2D eigenvalue weighted by Crippen LogP contribution is 2.27. The van der Waals surface area contributed by atoms with Gasteiger partial charge >= 0.3 is 0 Å². The molecule has 1 heterocycles. The second kappa shape index (κ2) is 7.75. The molecule has 3 rings (SSSR count). The standard InChI is InChI=1S/C22H26N2O2/c1-15-10-11-19-18(14-26-22(19)16(15)2)12-21(25)23-20(13-24(3)4)17-8-6-5-7-9-17/h5-11,14,20H,12-13H2,1-4H3,(H,23,25)/t20-/m1/s1. The monoisotopic (exact) mass is 350 g/mol. The number of carbonyl (C=O) groups excluding carboxylic acids is 1. The van der Waals surface area contributed by atoms with Gasteiger partial charge in [0.25, 0.3) is 0 Å². The van der Waals surface area contributed by atoms with E-state index in [-0.39, 0.29) is 11.9 Å². The number of furan rings is 1. The van der Waals surface area contributed by atoms with Crippen molar-refractivity contribution >= 4 is 16.9 Å². The molecule has 136 valence electrons. The third kappa shape index (κ3) is 3.97. The zero-order chi connectivity index (χ0) is 18.7. The minimum Gasteiger partial charge on any atom is -0.464 e. The van der Waals surface area contributed by atoms with E-state index in [1.54, 1.807) is 6.26 Å². The van der Waals surface area contributed by atoms with E-state index < -0.39 is 0 Å². The second-order valence-corrected chi connectivity index (χ2v) is 7.11. The molecule has 1 aromatic heterocycles. The number of fused-ring (bicyclic) bond motifs is 1. The molecule has 2 aromatic carbocycles. The van der Waals surface area contributed by atoms with Crippen LogP contribution in [0.3, 0.4) is 0 Å². The molecule has 0 aliphatic heterocycles. The van der Waals surface area contributed by atoms with Gasteiger partial charge < -0.3 is 14.6 Å². The first kappa shape index (κ1) is 18.2. The summed E-state index contributed by atoms with van der Waals surface area (Å²) in [5, 5.41) is 4.19. The Morgan fingerprint density at radius 1 is 1.12 bits per heavy atom. The number of nitrogens with one attached hydrogen (secondary N) is 1. The number of nitrogens with zero attached hydrogens (tertiary/aromatic N) is 1. The van der Waals surface area contributed by atoms with Crippen LogP contribution in [0, 0.1) is 13.8 Å². The summed E-state index contributed by atoms with van der Waals surface area (Å²) in [4.78, 5) is 14.8. The Labute approximate surface area is 154 Å². The molecular weight excluding hydrogens is 324 g/mol. The molecule has 0 aliphatic rings. The predicted octanol–water partition coefficient (Wildman–Crippen LogP) is 4.01. The Hall–Kier alpha value is -2.59. The second-order valence-electron chi connectivity index (χ2n) is 7.11. The number of hydrogen-bond donors (Lipinski definition) is 1. The lowest BCUT2D eigenvalue weighted by Gasteiger charge is -2.22. The lowest BCUT2D eigenvalue weighted by Crippen LogP contribution is -2.36. The molecule has 1 amide bonds. The van der Waals surface area contributed by atoms with E-state index in [1.165, 1.54) is 5.56 Å². The van der Waals surface area contributed by atoms with Crippen molar-refractivity contribution in [2.75, 3.05) is 20.6 Å². The number of likely N-dealkylation sites (N-methyl/N-ethyl adjacent to an activating group) is 1. The van der Waals surface area contributed by atoms with Gasteiger partial charge in [0.1, 0.15) is 5.58 Å². The largest absolute Gasteiger partial charge is 0.464 e. The summed E-state index contributed by atoms with van der Waals surface area (Å²) < 4.78 is 5.73. The number of rotatable bonds is 6. The molecule has 0 fully saturated rings. The Morgan fingerprint density at radius 3 is 2.54 bits per heavy atom. The van der Waals surface area contributed by atoms with Gasteiger partial charge in [-0.1, -0.05) is 42.5 Å². The zero-order valence-corrected chi connectivity index (χ0v) is 15.9. The van der Waals surface area contributed by atoms with E-state index in [4.69, 9.17) is 4.42 Å². The molecule has 4 nitrogen and oxygen atoms in total. The molecule has 26 heavy (non-hydrogen) atoms. The van der Waals surface area contributed by atoms with Crippen LogP contribution >= 0.6 is 0 Å². The molecule has 0 unspecified atom stereocenters. The molecule has 0 radical (unpaired) electrons. The molecule has 1 atom stereocenters. The van der Waals surface area contributed by atoms with Crippen molar-refractivity contribution in [3.8, 4) is 0 Å².